The Bertz CT molecular complexity index is 871. The molecule has 31 heavy (non-hydrogen) atoms. The van der Waals surface area contributed by atoms with Crippen LogP contribution < -0.4 is 4.74 Å². The predicted octanol–water partition coefficient (Wildman–Crippen LogP) is 1.99. The molecular weight excluding hydrogens is 424 g/mol. The van der Waals surface area contributed by atoms with Gasteiger partial charge in [0.1, 0.15) is 30.2 Å². The normalized spacial score (nSPS) is 28.7. The van der Waals surface area contributed by atoms with Crippen molar-refractivity contribution in [3.63, 3.8) is 0 Å². The van der Waals surface area contributed by atoms with Gasteiger partial charge in [0, 0.05) is 17.7 Å². The van der Waals surface area contributed by atoms with Gasteiger partial charge in [0.05, 0.1) is 12.7 Å². The number of rotatable bonds is 7. The van der Waals surface area contributed by atoms with Crippen LogP contribution in [0.25, 0.3) is 0 Å². The molecule has 4 N–H and O–H groups in total. The van der Waals surface area contributed by atoms with Crippen LogP contribution in [0.3, 0.4) is 0 Å². The minimum absolute atomic E-state index is 0.0840. The summed E-state index contributed by atoms with van der Waals surface area (Å²) in [5.74, 6) is -1.00. The molecule has 0 unspecified atom stereocenters. The summed E-state index contributed by atoms with van der Waals surface area (Å²) in [5.41, 5.74) is 2.16. The van der Waals surface area contributed by atoms with E-state index in [1.807, 2.05) is 38.1 Å². The Morgan fingerprint density at radius 3 is 2.32 bits per heavy atom. The topological polar surface area (TPSA) is 109 Å². The van der Waals surface area contributed by atoms with E-state index in [1.54, 1.807) is 18.2 Å². The van der Waals surface area contributed by atoms with Crippen molar-refractivity contribution in [3.8, 4) is 5.75 Å². The first-order chi connectivity index (χ1) is 14.7. The van der Waals surface area contributed by atoms with E-state index in [4.69, 9.17) is 25.8 Å². The maximum absolute atomic E-state index is 10.7. The van der Waals surface area contributed by atoms with Gasteiger partial charge in [-0.3, -0.25) is 0 Å². The van der Waals surface area contributed by atoms with Gasteiger partial charge in [0.25, 0.3) is 0 Å². The summed E-state index contributed by atoms with van der Waals surface area (Å²) in [6.45, 7) is 3.37. The summed E-state index contributed by atoms with van der Waals surface area (Å²) in [6, 6.07) is 12.7. The van der Waals surface area contributed by atoms with E-state index in [1.165, 1.54) is 7.11 Å². The summed E-state index contributed by atoms with van der Waals surface area (Å²) >= 11 is 6.42. The molecule has 5 atom stereocenters. The SMILES string of the molecule is CO[C@@]1(c2ccc(Cl)c(Cc3ccc(OC(C)C)cc3)c2)O[C@H](CO)[C@@H](O)[C@H](O)[C@H]1O. The Morgan fingerprint density at radius 2 is 1.74 bits per heavy atom. The quantitative estimate of drug-likeness (QED) is 0.508. The Labute approximate surface area is 186 Å². The fourth-order valence-electron chi connectivity index (χ4n) is 3.77. The van der Waals surface area contributed by atoms with Crippen LogP contribution in [-0.2, 0) is 21.7 Å². The molecule has 0 bridgehead atoms. The molecule has 2 aromatic rings. The summed E-state index contributed by atoms with van der Waals surface area (Å²) < 4.78 is 16.9. The van der Waals surface area contributed by atoms with Gasteiger partial charge in [-0.05, 0) is 55.7 Å². The molecule has 0 aromatic heterocycles. The Morgan fingerprint density at radius 1 is 1.06 bits per heavy atom. The van der Waals surface area contributed by atoms with Crippen LogP contribution in [0, 0.1) is 0 Å². The van der Waals surface area contributed by atoms with Crippen molar-refractivity contribution in [2.75, 3.05) is 13.7 Å². The highest BCUT2D eigenvalue weighted by Gasteiger charge is 2.55. The van der Waals surface area contributed by atoms with Gasteiger partial charge in [-0.1, -0.05) is 29.8 Å². The largest absolute Gasteiger partial charge is 0.491 e. The standard InChI is InChI=1S/C23H29ClO7/c1-13(2)30-17-7-4-14(5-8-17)10-15-11-16(6-9-18(15)24)23(29-3)22(28)21(27)20(26)19(12-25)31-23/h4-9,11,13,19-22,25-28H,10,12H2,1-3H3/t19-,20-,21+,22-,23+/m1/s1. The molecule has 0 aliphatic carbocycles. The molecule has 1 fully saturated rings. The number of methoxy groups -OCH3 is 1. The molecule has 3 rings (SSSR count). The Balaban J connectivity index is 1.92. The maximum atomic E-state index is 10.7. The van der Waals surface area contributed by atoms with E-state index >= 15 is 0 Å². The lowest BCUT2D eigenvalue weighted by Gasteiger charge is -2.47. The molecular formula is C23H29ClO7. The zero-order valence-corrected chi connectivity index (χ0v) is 18.5. The third-order valence-electron chi connectivity index (χ3n) is 5.39. The molecule has 1 aliphatic heterocycles. The molecule has 0 radical (unpaired) electrons. The maximum Gasteiger partial charge on any atom is 0.224 e. The molecule has 0 amide bonds. The Hall–Kier alpha value is -1.71. The van der Waals surface area contributed by atoms with Crippen LogP contribution in [0.1, 0.15) is 30.5 Å². The molecule has 0 saturated carbocycles. The van der Waals surface area contributed by atoms with Gasteiger partial charge in [0.15, 0.2) is 0 Å². The summed E-state index contributed by atoms with van der Waals surface area (Å²) in [4.78, 5) is 0. The molecule has 8 heteroatoms. The first-order valence-corrected chi connectivity index (χ1v) is 10.5. The van der Waals surface area contributed by atoms with Gasteiger partial charge < -0.3 is 34.6 Å². The number of hydrogen-bond donors (Lipinski definition) is 4. The van der Waals surface area contributed by atoms with Crippen LogP contribution in [0.4, 0.5) is 0 Å². The van der Waals surface area contributed by atoms with Crippen molar-refractivity contribution >= 4 is 11.6 Å². The van der Waals surface area contributed by atoms with Gasteiger partial charge >= 0.3 is 0 Å². The van der Waals surface area contributed by atoms with E-state index in [2.05, 4.69) is 0 Å². The lowest BCUT2D eigenvalue weighted by Crippen LogP contribution is -2.64. The average Bonchev–Trinajstić information content (AvgIpc) is 2.75. The lowest BCUT2D eigenvalue weighted by molar-refractivity contribution is -0.366. The van der Waals surface area contributed by atoms with Crippen molar-refractivity contribution in [1.82, 2.24) is 0 Å². The zero-order valence-electron chi connectivity index (χ0n) is 17.7. The zero-order chi connectivity index (χ0) is 22.8. The number of halogens is 1. The molecule has 7 nitrogen and oxygen atoms in total. The molecule has 2 aromatic carbocycles. The number of hydrogen-bond acceptors (Lipinski definition) is 7. The number of aliphatic hydroxyl groups excluding tert-OH is 4. The first kappa shape index (κ1) is 23.9. The second-order valence-electron chi connectivity index (χ2n) is 7.93. The molecule has 1 saturated heterocycles. The van der Waals surface area contributed by atoms with E-state index in [0.717, 1.165) is 16.9 Å². The fraction of sp³-hybridized carbons (Fsp3) is 0.478. The Kier molecular flexibility index (Phi) is 7.59. The monoisotopic (exact) mass is 452 g/mol. The highest BCUT2D eigenvalue weighted by atomic mass is 35.5. The van der Waals surface area contributed by atoms with Gasteiger partial charge in [0.2, 0.25) is 5.79 Å². The summed E-state index contributed by atoms with van der Waals surface area (Å²) in [7, 11) is 1.32. The fourth-order valence-corrected chi connectivity index (χ4v) is 3.96. The third-order valence-corrected chi connectivity index (χ3v) is 5.76. The van der Waals surface area contributed by atoms with E-state index in [9.17, 15) is 20.4 Å². The number of benzene rings is 2. The van der Waals surface area contributed by atoms with Crippen LogP contribution in [0.15, 0.2) is 42.5 Å². The molecule has 1 aliphatic rings. The second kappa shape index (κ2) is 9.83. The van der Waals surface area contributed by atoms with Crippen molar-refractivity contribution in [2.45, 2.75) is 56.6 Å². The average molecular weight is 453 g/mol. The summed E-state index contributed by atoms with van der Waals surface area (Å²) in [6.07, 6.45) is -5.16. The number of aliphatic hydroxyl groups is 4. The van der Waals surface area contributed by atoms with Crippen molar-refractivity contribution in [1.29, 1.82) is 0 Å². The molecule has 1 heterocycles. The number of ether oxygens (including phenoxy) is 3. The predicted molar refractivity (Wildman–Crippen MR) is 115 cm³/mol. The molecule has 0 spiro atoms. The van der Waals surface area contributed by atoms with Crippen molar-refractivity contribution in [2.24, 2.45) is 0 Å². The van der Waals surface area contributed by atoms with Crippen molar-refractivity contribution in [3.05, 3.63) is 64.2 Å². The minimum atomic E-state index is -1.78. The smallest absolute Gasteiger partial charge is 0.224 e. The van der Waals surface area contributed by atoms with E-state index in [0.29, 0.717) is 17.0 Å². The van der Waals surface area contributed by atoms with Crippen LogP contribution in [0.2, 0.25) is 5.02 Å². The lowest BCUT2D eigenvalue weighted by atomic mass is 9.87. The van der Waals surface area contributed by atoms with Crippen LogP contribution in [0.5, 0.6) is 5.75 Å². The highest BCUT2D eigenvalue weighted by molar-refractivity contribution is 6.31. The highest BCUT2D eigenvalue weighted by Crippen LogP contribution is 2.40. The summed E-state index contributed by atoms with van der Waals surface area (Å²) in [5, 5.41) is 41.1. The molecule has 170 valence electrons. The van der Waals surface area contributed by atoms with Gasteiger partial charge in [-0.25, -0.2) is 0 Å². The van der Waals surface area contributed by atoms with Gasteiger partial charge in [-0.2, -0.15) is 0 Å². The second-order valence-corrected chi connectivity index (χ2v) is 8.34. The first-order valence-electron chi connectivity index (χ1n) is 10.1. The van der Waals surface area contributed by atoms with Crippen LogP contribution >= 0.6 is 11.6 Å². The van der Waals surface area contributed by atoms with Crippen LogP contribution in [-0.4, -0.2) is 64.7 Å². The third kappa shape index (κ3) is 4.88. The van der Waals surface area contributed by atoms with Gasteiger partial charge in [-0.15, -0.1) is 0 Å². The van der Waals surface area contributed by atoms with E-state index < -0.39 is 36.8 Å². The van der Waals surface area contributed by atoms with Crippen molar-refractivity contribution < 1.29 is 34.6 Å². The van der Waals surface area contributed by atoms with E-state index in [-0.39, 0.29) is 6.10 Å². The minimum Gasteiger partial charge on any atom is -0.491 e.